The van der Waals surface area contributed by atoms with E-state index in [1.807, 2.05) is 0 Å². The summed E-state index contributed by atoms with van der Waals surface area (Å²) < 4.78 is 6.17. The topological polar surface area (TPSA) is 114 Å². The van der Waals surface area contributed by atoms with Crippen LogP contribution in [0.5, 0.6) is 5.75 Å². The summed E-state index contributed by atoms with van der Waals surface area (Å²) in [6.45, 7) is 0.195. The third kappa shape index (κ3) is 4.85. The Morgan fingerprint density at radius 1 is 1.26 bits per heavy atom. The van der Waals surface area contributed by atoms with Crippen LogP contribution in [0.15, 0.2) is 28.7 Å². The van der Waals surface area contributed by atoms with Gasteiger partial charge in [0.15, 0.2) is 6.61 Å². The van der Waals surface area contributed by atoms with Crippen molar-refractivity contribution < 1.29 is 19.1 Å². The fraction of sp³-hybridized carbons (Fsp3) is 0.357. The minimum Gasteiger partial charge on any atom is -0.484 e. The van der Waals surface area contributed by atoms with Gasteiger partial charge in [0, 0.05) is 11.0 Å². The number of likely N-dealkylation sites (tertiary alicyclic amines) is 1. The molecule has 1 aliphatic heterocycles. The van der Waals surface area contributed by atoms with Crippen LogP contribution in [0.1, 0.15) is 12.8 Å². The quantitative estimate of drug-likeness (QED) is 0.656. The van der Waals surface area contributed by atoms with Crippen LogP contribution in [0, 0.1) is 0 Å². The van der Waals surface area contributed by atoms with Gasteiger partial charge in [0.2, 0.25) is 0 Å². The van der Waals surface area contributed by atoms with E-state index in [1.165, 1.54) is 4.90 Å². The monoisotopic (exact) mass is 384 g/mol. The summed E-state index contributed by atoms with van der Waals surface area (Å²) in [5.41, 5.74) is 9.73. The average Bonchev–Trinajstić information content (AvgIpc) is 3.02. The highest BCUT2D eigenvalue weighted by Crippen LogP contribution is 2.17. The van der Waals surface area contributed by atoms with E-state index in [0.29, 0.717) is 25.1 Å². The molecule has 0 bridgehead atoms. The van der Waals surface area contributed by atoms with Gasteiger partial charge in [0.05, 0.1) is 0 Å². The number of amides is 4. The van der Waals surface area contributed by atoms with E-state index < -0.39 is 23.9 Å². The third-order valence-corrected chi connectivity index (χ3v) is 3.88. The number of rotatable bonds is 4. The molecular weight excluding hydrogens is 368 g/mol. The smallest absolute Gasteiger partial charge is 0.315 e. The van der Waals surface area contributed by atoms with Crippen molar-refractivity contribution in [2.24, 2.45) is 5.73 Å². The molecule has 0 radical (unpaired) electrons. The Labute approximate surface area is 141 Å². The number of urea groups is 1. The predicted molar refractivity (Wildman–Crippen MR) is 85.2 cm³/mol. The first-order valence-corrected chi connectivity index (χ1v) is 7.80. The Bertz CT molecular complexity index is 593. The zero-order chi connectivity index (χ0) is 16.8. The van der Waals surface area contributed by atoms with Gasteiger partial charge in [0.25, 0.3) is 11.8 Å². The first-order valence-electron chi connectivity index (χ1n) is 7.00. The molecule has 8 nitrogen and oxygen atoms in total. The lowest BCUT2D eigenvalue weighted by Crippen LogP contribution is -2.53. The summed E-state index contributed by atoms with van der Waals surface area (Å²) in [5.74, 6) is -0.450. The van der Waals surface area contributed by atoms with E-state index >= 15 is 0 Å². The van der Waals surface area contributed by atoms with E-state index in [-0.39, 0.29) is 6.61 Å². The maximum absolute atomic E-state index is 12.0. The van der Waals surface area contributed by atoms with Crippen molar-refractivity contribution >= 4 is 33.8 Å². The van der Waals surface area contributed by atoms with Gasteiger partial charge in [-0.3, -0.25) is 20.4 Å². The lowest BCUT2D eigenvalue weighted by atomic mass is 10.2. The van der Waals surface area contributed by atoms with Crippen LogP contribution in [-0.4, -0.2) is 41.9 Å². The minimum absolute atomic E-state index is 0.244. The molecule has 1 atom stereocenters. The van der Waals surface area contributed by atoms with Crippen LogP contribution in [0.4, 0.5) is 4.79 Å². The molecule has 1 aromatic rings. The molecular formula is C14H17BrN4O4. The van der Waals surface area contributed by atoms with Crippen LogP contribution in [0.25, 0.3) is 0 Å². The zero-order valence-corrected chi connectivity index (χ0v) is 13.8. The van der Waals surface area contributed by atoms with Crippen molar-refractivity contribution in [3.63, 3.8) is 0 Å². The summed E-state index contributed by atoms with van der Waals surface area (Å²) >= 11 is 3.29. The second-order valence-electron chi connectivity index (χ2n) is 4.97. The molecule has 1 aromatic carbocycles. The Hall–Kier alpha value is -2.29. The number of hydrogen-bond acceptors (Lipinski definition) is 4. The molecule has 9 heteroatoms. The van der Waals surface area contributed by atoms with Crippen LogP contribution in [0.3, 0.4) is 0 Å². The molecule has 4 N–H and O–H groups in total. The number of nitrogens with two attached hydrogens (primary N) is 1. The van der Waals surface area contributed by atoms with Gasteiger partial charge >= 0.3 is 6.03 Å². The number of nitrogens with one attached hydrogen (secondary N) is 2. The number of primary amides is 1. The molecule has 1 heterocycles. The molecule has 1 unspecified atom stereocenters. The summed E-state index contributed by atoms with van der Waals surface area (Å²) in [5, 5.41) is 0. The minimum atomic E-state index is -0.653. The van der Waals surface area contributed by atoms with Gasteiger partial charge in [-0.05, 0) is 37.1 Å². The van der Waals surface area contributed by atoms with Gasteiger partial charge < -0.3 is 15.4 Å². The molecule has 0 spiro atoms. The van der Waals surface area contributed by atoms with Crippen LogP contribution in [-0.2, 0) is 9.59 Å². The summed E-state index contributed by atoms with van der Waals surface area (Å²) in [7, 11) is 0. The summed E-state index contributed by atoms with van der Waals surface area (Å²) in [6, 6.07) is 5.69. The highest BCUT2D eigenvalue weighted by molar-refractivity contribution is 9.10. The number of hydrogen-bond donors (Lipinski definition) is 3. The second kappa shape index (κ2) is 7.82. The number of carbonyl (C=O) groups is 3. The van der Waals surface area contributed by atoms with Gasteiger partial charge in [-0.1, -0.05) is 15.9 Å². The van der Waals surface area contributed by atoms with E-state index in [9.17, 15) is 14.4 Å². The Morgan fingerprint density at radius 3 is 2.61 bits per heavy atom. The van der Waals surface area contributed by atoms with E-state index in [2.05, 4.69) is 26.8 Å². The lowest BCUT2D eigenvalue weighted by Gasteiger charge is -2.21. The molecule has 0 aromatic heterocycles. The van der Waals surface area contributed by atoms with E-state index in [1.54, 1.807) is 24.3 Å². The number of hydrazine groups is 1. The molecule has 23 heavy (non-hydrogen) atoms. The Morgan fingerprint density at radius 2 is 1.96 bits per heavy atom. The van der Waals surface area contributed by atoms with Crippen molar-refractivity contribution in [2.75, 3.05) is 13.2 Å². The first-order chi connectivity index (χ1) is 11.0. The van der Waals surface area contributed by atoms with Gasteiger partial charge in [-0.25, -0.2) is 4.79 Å². The van der Waals surface area contributed by atoms with Crippen molar-refractivity contribution in [3.8, 4) is 5.75 Å². The van der Waals surface area contributed by atoms with Crippen molar-refractivity contribution in [1.82, 2.24) is 15.8 Å². The third-order valence-electron chi connectivity index (χ3n) is 3.35. The van der Waals surface area contributed by atoms with E-state index in [4.69, 9.17) is 10.5 Å². The Kier molecular flexibility index (Phi) is 5.80. The Balaban J connectivity index is 1.74. The predicted octanol–water partition coefficient (Wildman–Crippen LogP) is 0.518. The molecule has 1 saturated heterocycles. The van der Waals surface area contributed by atoms with Crippen molar-refractivity contribution in [1.29, 1.82) is 0 Å². The number of benzene rings is 1. The lowest BCUT2D eigenvalue weighted by molar-refractivity contribution is -0.131. The maximum atomic E-state index is 12.0. The molecule has 124 valence electrons. The number of nitrogens with zero attached hydrogens (tertiary/aromatic N) is 1. The van der Waals surface area contributed by atoms with Gasteiger partial charge in [-0.2, -0.15) is 0 Å². The molecule has 4 amide bonds. The van der Waals surface area contributed by atoms with Gasteiger partial charge in [-0.15, -0.1) is 0 Å². The van der Waals surface area contributed by atoms with Gasteiger partial charge in [0.1, 0.15) is 11.8 Å². The fourth-order valence-electron chi connectivity index (χ4n) is 2.23. The first kappa shape index (κ1) is 17.1. The molecule has 0 saturated carbocycles. The standard InChI is InChI=1S/C14H17BrN4O4/c15-9-3-5-10(6-4-9)23-8-12(20)17-18-13(21)11-2-1-7-19(11)14(16)22/h3-6,11H,1-2,7-8H2,(H2,16,22)(H,17,20)(H,18,21). The number of halogens is 1. The SMILES string of the molecule is NC(=O)N1CCCC1C(=O)NNC(=O)COc1ccc(Br)cc1. The van der Waals surface area contributed by atoms with Crippen molar-refractivity contribution in [2.45, 2.75) is 18.9 Å². The molecule has 1 fully saturated rings. The number of ether oxygens (including phenoxy) is 1. The summed E-state index contributed by atoms with van der Waals surface area (Å²) in [4.78, 5) is 36.1. The fourth-order valence-corrected chi connectivity index (χ4v) is 2.50. The zero-order valence-electron chi connectivity index (χ0n) is 12.3. The molecule has 2 rings (SSSR count). The normalized spacial score (nSPS) is 16.7. The second-order valence-corrected chi connectivity index (χ2v) is 5.89. The highest BCUT2D eigenvalue weighted by atomic mass is 79.9. The van der Waals surface area contributed by atoms with Crippen molar-refractivity contribution in [3.05, 3.63) is 28.7 Å². The van der Waals surface area contributed by atoms with E-state index in [0.717, 1.165) is 4.47 Å². The summed E-state index contributed by atoms with van der Waals surface area (Å²) in [6.07, 6.45) is 1.21. The number of carbonyl (C=O) groups excluding carboxylic acids is 3. The van der Waals surface area contributed by atoms with Crippen LogP contribution < -0.4 is 21.3 Å². The maximum Gasteiger partial charge on any atom is 0.315 e. The highest BCUT2D eigenvalue weighted by Gasteiger charge is 2.33. The average molecular weight is 385 g/mol. The van der Waals surface area contributed by atoms with Crippen LogP contribution in [0.2, 0.25) is 0 Å². The largest absolute Gasteiger partial charge is 0.484 e. The van der Waals surface area contributed by atoms with Crippen LogP contribution >= 0.6 is 15.9 Å². The molecule has 0 aliphatic carbocycles. The molecule has 1 aliphatic rings.